The van der Waals surface area contributed by atoms with Crippen molar-refractivity contribution >= 4 is 11.3 Å². The molecule has 0 amide bonds. The van der Waals surface area contributed by atoms with E-state index in [0.29, 0.717) is 12.5 Å². The lowest BCUT2D eigenvalue weighted by atomic mass is 10.0. The quantitative estimate of drug-likeness (QED) is 0.774. The van der Waals surface area contributed by atoms with Crippen LogP contribution in [0.3, 0.4) is 0 Å². The first-order chi connectivity index (χ1) is 9.72. The van der Waals surface area contributed by atoms with Gasteiger partial charge in [-0.25, -0.2) is 0 Å². The van der Waals surface area contributed by atoms with Crippen molar-refractivity contribution in [1.29, 1.82) is 5.26 Å². The summed E-state index contributed by atoms with van der Waals surface area (Å²) in [7, 11) is 0. The van der Waals surface area contributed by atoms with E-state index in [2.05, 4.69) is 54.5 Å². The molecule has 0 saturated carbocycles. The molecule has 3 heteroatoms. The molecule has 0 radical (unpaired) electrons. The van der Waals surface area contributed by atoms with E-state index in [0.717, 1.165) is 6.54 Å². The minimum absolute atomic E-state index is 0.156. The Hall–Kier alpha value is -1.63. The molecule has 1 aromatic heterocycles. The van der Waals surface area contributed by atoms with Crippen LogP contribution in [0.2, 0.25) is 0 Å². The van der Waals surface area contributed by atoms with Crippen LogP contribution in [-0.2, 0) is 6.54 Å². The molecule has 0 fully saturated rings. The van der Waals surface area contributed by atoms with Gasteiger partial charge < -0.3 is 0 Å². The number of hydrogen-bond donors (Lipinski definition) is 0. The van der Waals surface area contributed by atoms with Crippen LogP contribution < -0.4 is 0 Å². The molecule has 2 rings (SSSR count). The molecule has 0 aliphatic rings. The summed E-state index contributed by atoms with van der Waals surface area (Å²) in [5.41, 5.74) is 1.22. The van der Waals surface area contributed by atoms with Crippen molar-refractivity contribution in [3.05, 3.63) is 58.3 Å². The molecule has 2 nitrogen and oxygen atoms in total. The van der Waals surface area contributed by atoms with Gasteiger partial charge in [-0.05, 0) is 30.9 Å². The second-order valence-corrected chi connectivity index (χ2v) is 6.17. The van der Waals surface area contributed by atoms with E-state index in [1.165, 1.54) is 10.4 Å². The normalized spacial score (nSPS) is 12.6. The number of nitrogens with zero attached hydrogens (tertiary/aromatic N) is 2. The highest BCUT2D eigenvalue weighted by atomic mass is 32.1. The van der Waals surface area contributed by atoms with Crippen molar-refractivity contribution in [2.24, 2.45) is 0 Å². The monoisotopic (exact) mass is 284 g/mol. The fraction of sp³-hybridized carbons (Fsp3) is 0.353. The molecule has 2 aromatic rings. The first-order valence-corrected chi connectivity index (χ1v) is 7.80. The lowest BCUT2D eigenvalue weighted by molar-refractivity contribution is 0.147. The van der Waals surface area contributed by atoms with Gasteiger partial charge in [0.2, 0.25) is 0 Å². The van der Waals surface area contributed by atoms with Crippen LogP contribution in [0.1, 0.15) is 36.8 Å². The Labute approximate surface area is 125 Å². The Kier molecular flexibility index (Phi) is 5.34. The minimum atomic E-state index is 0.156. The third kappa shape index (κ3) is 3.69. The van der Waals surface area contributed by atoms with Crippen molar-refractivity contribution < 1.29 is 0 Å². The molecule has 104 valence electrons. The Balaban J connectivity index is 2.26. The molecule has 0 saturated heterocycles. The summed E-state index contributed by atoms with van der Waals surface area (Å²) in [6, 6.07) is 17.5. The fourth-order valence-corrected chi connectivity index (χ4v) is 3.14. The van der Waals surface area contributed by atoms with Crippen molar-refractivity contribution in [2.45, 2.75) is 38.9 Å². The molecule has 20 heavy (non-hydrogen) atoms. The van der Waals surface area contributed by atoms with Crippen LogP contribution in [0.15, 0.2) is 47.8 Å². The zero-order valence-corrected chi connectivity index (χ0v) is 12.8. The number of rotatable bonds is 6. The predicted octanol–water partition coefficient (Wildman–Crippen LogP) is 4.61. The molecule has 1 heterocycles. The molecule has 0 spiro atoms. The summed E-state index contributed by atoms with van der Waals surface area (Å²) >= 11 is 1.77. The molecule has 0 bridgehead atoms. The maximum absolute atomic E-state index is 9.18. The van der Waals surface area contributed by atoms with E-state index in [-0.39, 0.29) is 6.04 Å². The largest absolute Gasteiger partial charge is 0.288 e. The summed E-state index contributed by atoms with van der Waals surface area (Å²) in [6.07, 6.45) is 0.521. The van der Waals surface area contributed by atoms with Crippen molar-refractivity contribution in [2.75, 3.05) is 0 Å². The van der Waals surface area contributed by atoms with E-state index < -0.39 is 0 Å². The molecule has 0 N–H and O–H groups in total. The Bertz CT molecular complexity index is 540. The van der Waals surface area contributed by atoms with E-state index in [9.17, 15) is 5.26 Å². The van der Waals surface area contributed by atoms with Crippen LogP contribution in [0.4, 0.5) is 0 Å². The number of hydrogen-bond acceptors (Lipinski definition) is 3. The Morgan fingerprint density at radius 1 is 1.15 bits per heavy atom. The first kappa shape index (κ1) is 14.8. The highest BCUT2D eigenvalue weighted by molar-refractivity contribution is 7.09. The van der Waals surface area contributed by atoms with Gasteiger partial charge in [-0.15, -0.1) is 11.3 Å². The SMILES string of the molecule is CC(C)N(Cc1cccs1)C(CC#N)c1ccccc1. The Morgan fingerprint density at radius 2 is 1.90 bits per heavy atom. The molecule has 1 aromatic carbocycles. The summed E-state index contributed by atoms with van der Waals surface area (Å²) in [5.74, 6) is 0. The van der Waals surface area contributed by atoms with Crippen LogP contribution in [0.5, 0.6) is 0 Å². The number of thiophene rings is 1. The van der Waals surface area contributed by atoms with Gasteiger partial charge in [0.15, 0.2) is 0 Å². The molecular weight excluding hydrogens is 264 g/mol. The van der Waals surface area contributed by atoms with E-state index in [1.54, 1.807) is 11.3 Å². The Morgan fingerprint density at radius 3 is 2.45 bits per heavy atom. The van der Waals surface area contributed by atoms with Gasteiger partial charge >= 0.3 is 0 Å². The van der Waals surface area contributed by atoms with Crippen molar-refractivity contribution in [3.63, 3.8) is 0 Å². The fourth-order valence-electron chi connectivity index (χ4n) is 2.42. The summed E-state index contributed by atoms with van der Waals surface area (Å²) in [4.78, 5) is 3.75. The van der Waals surface area contributed by atoms with Crippen LogP contribution in [-0.4, -0.2) is 10.9 Å². The molecular formula is C17H20N2S. The van der Waals surface area contributed by atoms with Gasteiger partial charge in [0.05, 0.1) is 12.5 Å². The van der Waals surface area contributed by atoms with Gasteiger partial charge in [-0.3, -0.25) is 4.90 Å². The average molecular weight is 284 g/mol. The van der Waals surface area contributed by atoms with Crippen LogP contribution >= 0.6 is 11.3 Å². The summed E-state index contributed by atoms with van der Waals surface area (Å²) in [5, 5.41) is 11.3. The lowest BCUT2D eigenvalue weighted by Crippen LogP contribution is -2.34. The van der Waals surface area contributed by atoms with E-state index >= 15 is 0 Å². The van der Waals surface area contributed by atoms with Gasteiger partial charge in [0, 0.05) is 23.5 Å². The van der Waals surface area contributed by atoms with Crippen LogP contribution in [0, 0.1) is 11.3 Å². The van der Waals surface area contributed by atoms with E-state index in [1.807, 2.05) is 18.2 Å². The number of benzene rings is 1. The van der Waals surface area contributed by atoms with Crippen molar-refractivity contribution in [1.82, 2.24) is 4.90 Å². The predicted molar refractivity (Wildman–Crippen MR) is 84.4 cm³/mol. The maximum Gasteiger partial charge on any atom is 0.0641 e. The summed E-state index contributed by atoms with van der Waals surface area (Å²) < 4.78 is 0. The zero-order chi connectivity index (χ0) is 14.4. The smallest absolute Gasteiger partial charge is 0.0641 e. The van der Waals surface area contributed by atoms with E-state index in [4.69, 9.17) is 0 Å². The zero-order valence-electron chi connectivity index (χ0n) is 12.0. The van der Waals surface area contributed by atoms with Gasteiger partial charge in [-0.2, -0.15) is 5.26 Å². The molecule has 0 aliphatic heterocycles. The third-order valence-corrected chi connectivity index (χ3v) is 4.31. The topological polar surface area (TPSA) is 27.0 Å². The first-order valence-electron chi connectivity index (χ1n) is 6.92. The minimum Gasteiger partial charge on any atom is -0.288 e. The average Bonchev–Trinajstić information content (AvgIpc) is 2.96. The second-order valence-electron chi connectivity index (χ2n) is 5.13. The standard InChI is InChI=1S/C17H20N2S/c1-14(2)19(13-16-9-6-12-20-16)17(10-11-18)15-7-4-3-5-8-15/h3-9,12,14,17H,10,13H2,1-2H3. The maximum atomic E-state index is 9.18. The molecule has 1 atom stereocenters. The third-order valence-electron chi connectivity index (χ3n) is 3.45. The van der Waals surface area contributed by atoms with Crippen molar-refractivity contribution in [3.8, 4) is 6.07 Å². The van der Waals surface area contributed by atoms with Gasteiger partial charge in [-0.1, -0.05) is 36.4 Å². The molecule has 0 aliphatic carbocycles. The van der Waals surface area contributed by atoms with Gasteiger partial charge in [0.1, 0.15) is 0 Å². The highest BCUT2D eigenvalue weighted by Gasteiger charge is 2.23. The van der Waals surface area contributed by atoms with Crippen LogP contribution in [0.25, 0.3) is 0 Å². The number of nitriles is 1. The molecule has 1 unspecified atom stereocenters. The van der Waals surface area contributed by atoms with Gasteiger partial charge in [0.25, 0.3) is 0 Å². The lowest BCUT2D eigenvalue weighted by Gasteiger charge is -2.33. The summed E-state index contributed by atoms with van der Waals surface area (Å²) in [6.45, 7) is 5.29. The highest BCUT2D eigenvalue weighted by Crippen LogP contribution is 2.28. The second kappa shape index (κ2) is 7.23.